The Hall–Kier alpha value is -1.44. The minimum Gasteiger partial charge on any atom is -0.480 e. The number of pyridine rings is 1. The van der Waals surface area contributed by atoms with Crippen molar-refractivity contribution in [2.24, 2.45) is 0 Å². The van der Waals surface area contributed by atoms with Gasteiger partial charge in [-0.15, -0.1) is 11.3 Å². The van der Waals surface area contributed by atoms with Gasteiger partial charge in [0.05, 0.1) is 27.7 Å². The zero-order valence-electron chi connectivity index (χ0n) is 14.2. The molecule has 3 rings (SSSR count). The fraction of sp³-hybridized carbons (Fsp3) is 0.312. The number of anilines is 1. The van der Waals surface area contributed by atoms with E-state index in [1.807, 2.05) is 33.1 Å². The summed E-state index contributed by atoms with van der Waals surface area (Å²) in [7, 11) is 1.52. The quantitative estimate of drug-likeness (QED) is 0.518. The number of fused-ring (bicyclic) bond motifs is 1. The molecule has 0 unspecified atom stereocenters. The predicted molar refractivity (Wildman–Crippen MR) is 107 cm³/mol. The molecular formula is C16H20BrClN4OS. The first-order chi connectivity index (χ1) is 11.6. The van der Waals surface area contributed by atoms with E-state index >= 15 is 0 Å². The van der Waals surface area contributed by atoms with Crippen LogP contribution in [0.3, 0.4) is 0 Å². The Morgan fingerprint density at radius 2 is 1.88 bits per heavy atom. The molecule has 0 atom stereocenters. The third-order valence-electron chi connectivity index (χ3n) is 2.69. The SMILES string of the molecule is CC.CC.COc1ncc(-c2nc(Cl)nc3c(Br)csc23)cc1N. The van der Waals surface area contributed by atoms with Gasteiger partial charge in [0.2, 0.25) is 11.2 Å². The van der Waals surface area contributed by atoms with Crippen LogP contribution >= 0.6 is 38.9 Å². The standard InChI is InChI=1S/C12H8BrClN4OS.2C2H6/c1-19-11-7(15)2-5(3-16-11)8-10-9(6(13)4-20-10)18-12(14)17-8;2*1-2/h2-4H,15H2,1H3;2*1-2H3. The average Bonchev–Trinajstić information content (AvgIpc) is 2.99. The van der Waals surface area contributed by atoms with Gasteiger partial charge in [-0.2, -0.15) is 0 Å². The van der Waals surface area contributed by atoms with Crippen molar-refractivity contribution in [2.45, 2.75) is 27.7 Å². The van der Waals surface area contributed by atoms with E-state index in [2.05, 4.69) is 30.9 Å². The number of nitrogens with two attached hydrogens (primary N) is 1. The molecule has 0 amide bonds. The van der Waals surface area contributed by atoms with Crippen molar-refractivity contribution in [3.8, 4) is 17.1 Å². The van der Waals surface area contributed by atoms with Crippen LogP contribution in [0.1, 0.15) is 27.7 Å². The van der Waals surface area contributed by atoms with E-state index in [1.54, 1.807) is 12.3 Å². The van der Waals surface area contributed by atoms with Gasteiger partial charge >= 0.3 is 0 Å². The van der Waals surface area contributed by atoms with Gasteiger partial charge in [0, 0.05) is 17.1 Å². The Morgan fingerprint density at radius 3 is 2.46 bits per heavy atom. The molecule has 0 aromatic carbocycles. The number of halogens is 2. The van der Waals surface area contributed by atoms with Crippen LogP contribution < -0.4 is 10.5 Å². The van der Waals surface area contributed by atoms with Gasteiger partial charge in [-0.1, -0.05) is 27.7 Å². The fourth-order valence-electron chi connectivity index (χ4n) is 1.83. The molecule has 0 bridgehead atoms. The van der Waals surface area contributed by atoms with Crippen LogP contribution in [0.4, 0.5) is 5.69 Å². The fourth-order valence-corrected chi connectivity index (χ4v) is 3.57. The van der Waals surface area contributed by atoms with Gasteiger partial charge in [0.1, 0.15) is 5.52 Å². The molecule has 130 valence electrons. The van der Waals surface area contributed by atoms with Crippen LogP contribution in [0, 0.1) is 0 Å². The molecule has 3 aromatic heterocycles. The van der Waals surface area contributed by atoms with Crippen molar-refractivity contribution in [3.05, 3.63) is 27.4 Å². The van der Waals surface area contributed by atoms with Crippen LogP contribution in [0.25, 0.3) is 21.5 Å². The summed E-state index contributed by atoms with van der Waals surface area (Å²) in [6.45, 7) is 8.00. The van der Waals surface area contributed by atoms with Crippen molar-refractivity contribution in [3.63, 3.8) is 0 Å². The Labute approximate surface area is 159 Å². The number of rotatable bonds is 2. The van der Waals surface area contributed by atoms with Crippen LogP contribution in [0.5, 0.6) is 5.88 Å². The molecule has 8 heteroatoms. The van der Waals surface area contributed by atoms with Gasteiger partial charge in [-0.05, 0) is 33.6 Å². The number of ether oxygens (including phenoxy) is 1. The molecule has 2 N–H and O–H groups in total. The van der Waals surface area contributed by atoms with Gasteiger partial charge in [-0.25, -0.2) is 15.0 Å². The molecule has 24 heavy (non-hydrogen) atoms. The second kappa shape index (κ2) is 9.76. The maximum Gasteiger partial charge on any atom is 0.236 e. The van der Waals surface area contributed by atoms with Gasteiger partial charge in [0.25, 0.3) is 0 Å². The summed E-state index contributed by atoms with van der Waals surface area (Å²) in [6.07, 6.45) is 1.65. The average molecular weight is 432 g/mol. The summed E-state index contributed by atoms with van der Waals surface area (Å²) in [6, 6.07) is 1.76. The number of hydrogen-bond donors (Lipinski definition) is 1. The molecule has 0 radical (unpaired) electrons. The van der Waals surface area contributed by atoms with Gasteiger partial charge < -0.3 is 10.5 Å². The van der Waals surface area contributed by atoms with Crippen molar-refractivity contribution >= 4 is 54.8 Å². The van der Waals surface area contributed by atoms with Crippen molar-refractivity contribution in [2.75, 3.05) is 12.8 Å². The van der Waals surface area contributed by atoms with Crippen molar-refractivity contribution in [1.82, 2.24) is 15.0 Å². The molecular weight excluding hydrogens is 412 g/mol. The lowest BCUT2D eigenvalue weighted by molar-refractivity contribution is 0.400. The lowest BCUT2D eigenvalue weighted by Gasteiger charge is -2.07. The van der Waals surface area contributed by atoms with Crippen LogP contribution in [0.15, 0.2) is 22.1 Å². The maximum atomic E-state index is 5.99. The Balaban J connectivity index is 0.000000671. The Bertz CT molecular complexity index is 810. The zero-order valence-corrected chi connectivity index (χ0v) is 17.4. The first kappa shape index (κ1) is 20.6. The summed E-state index contributed by atoms with van der Waals surface area (Å²) >= 11 is 11.0. The molecule has 0 saturated carbocycles. The van der Waals surface area contributed by atoms with E-state index in [0.29, 0.717) is 17.3 Å². The normalized spacial score (nSPS) is 9.62. The summed E-state index contributed by atoms with van der Waals surface area (Å²) in [4.78, 5) is 12.7. The van der Waals surface area contributed by atoms with Gasteiger partial charge in [-0.3, -0.25) is 0 Å². The molecule has 3 heterocycles. The minimum atomic E-state index is 0.181. The highest BCUT2D eigenvalue weighted by molar-refractivity contribution is 9.10. The highest BCUT2D eigenvalue weighted by Crippen LogP contribution is 2.37. The number of nitrogens with zero attached hydrogens (tertiary/aromatic N) is 3. The van der Waals surface area contributed by atoms with E-state index in [1.165, 1.54) is 18.4 Å². The molecule has 0 spiro atoms. The number of hydrogen-bond acceptors (Lipinski definition) is 6. The third kappa shape index (κ3) is 4.34. The lowest BCUT2D eigenvalue weighted by atomic mass is 10.2. The maximum absolute atomic E-state index is 5.99. The highest BCUT2D eigenvalue weighted by atomic mass is 79.9. The van der Waals surface area contributed by atoms with Crippen LogP contribution in [-0.2, 0) is 0 Å². The van der Waals surface area contributed by atoms with Crippen LogP contribution in [0.2, 0.25) is 5.28 Å². The highest BCUT2D eigenvalue weighted by Gasteiger charge is 2.14. The number of aromatic nitrogens is 3. The summed E-state index contributed by atoms with van der Waals surface area (Å²) < 4.78 is 6.86. The zero-order chi connectivity index (χ0) is 18.3. The molecule has 0 aliphatic heterocycles. The molecule has 0 saturated heterocycles. The molecule has 5 nitrogen and oxygen atoms in total. The summed E-state index contributed by atoms with van der Waals surface area (Å²) in [5.41, 5.74) is 8.59. The summed E-state index contributed by atoms with van der Waals surface area (Å²) in [5, 5.41) is 2.13. The molecule has 0 fully saturated rings. The first-order valence-electron chi connectivity index (χ1n) is 7.50. The second-order valence-corrected chi connectivity index (χ2v) is 6.00. The molecule has 0 aliphatic carbocycles. The van der Waals surface area contributed by atoms with E-state index in [0.717, 1.165) is 20.3 Å². The second-order valence-electron chi connectivity index (χ2n) is 3.93. The third-order valence-corrected chi connectivity index (χ3v) is 4.74. The number of thiophene rings is 1. The Morgan fingerprint density at radius 1 is 1.21 bits per heavy atom. The van der Waals surface area contributed by atoms with E-state index in [9.17, 15) is 0 Å². The Kier molecular flexibility index (Phi) is 8.38. The van der Waals surface area contributed by atoms with E-state index < -0.39 is 0 Å². The minimum absolute atomic E-state index is 0.181. The lowest BCUT2D eigenvalue weighted by Crippen LogP contribution is -1.97. The molecule has 3 aromatic rings. The molecule has 0 aliphatic rings. The van der Waals surface area contributed by atoms with E-state index in [-0.39, 0.29) is 5.28 Å². The number of nitrogen functional groups attached to an aromatic ring is 1. The predicted octanol–water partition coefficient (Wildman–Crippen LogP) is 5.81. The largest absolute Gasteiger partial charge is 0.480 e. The monoisotopic (exact) mass is 430 g/mol. The van der Waals surface area contributed by atoms with Crippen molar-refractivity contribution < 1.29 is 4.74 Å². The smallest absolute Gasteiger partial charge is 0.236 e. The summed E-state index contributed by atoms with van der Waals surface area (Å²) in [5.74, 6) is 0.387. The number of methoxy groups -OCH3 is 1. The van der Waals surface area contributed by atoms with Crippen LogP contribution in [-0.4, -0.2) is 22.1 Å². The van der Waals surface area contributed by atoms with Gasteiger partial charge in [0.15, 0.2) is 0 Å². The van der Waals surface area contributed by atoms with E-state index in [4.69, 9.17) is 22.1 Å². The first-order valence-corrected chi connectivity index (χ1v) is 9.55. The topological polar surface area (TPSA) is 73.9 Å². The van der Waals surface area contributed by atoms with Crippen molar-refractivity contribution in [1.29, 1.82) is 0 Å².